The first-order valence-corrected chi connectivity index (χ1v) is 14.1. The zero-order valence-electron chi connectivity index (χ0n) is 19.9. The molecule has 0 heterocycles. The SMILES string of the molecule is CN(C)[C@H]1Cc2c(Cl)cc(Cl)cc2[C@@H]1Oc1ccc(S(=O)(=O)NCCCCCCCCN)cc1. The number of nitrogens with one attached hydrogen (secondary N) is 1. The fraction of sp³-hybridized carbons (Fsp3) is 0.520. The Morgan fingerprint density at radius 1 is 1.03 bits per heavy atom. The number of nitrogens with two attached hydrogens (primary N) is 1. The molecule has 34 heavy (non-hydrogen) atoms. The summed E-state index contributed by atoms with van der Waals surface area (Å²) >= 11 is 12.7. The van der Waals surface area contributed by atoms with E-state index < -0.39 is 10.0 Å². The molecule has 0 saturated heterocycles. The highest BCUT2D eigenvalue weighted by Crippen LogP contribution is 2.42. The van der Waals surface area contributed by atoms with Crippen LogP contribution in [0.4, 0.5) is 0 Å². The summed E-state index contributed by atoms with van der Waals surface area (Å²) in [5.41, 5.74) is 7.51. The fourth-order valence-corrected chi connectivity index (χ4v) is 5.98. The van der Waals surface area contributed by atoms with E-state index in [9.17, 15) is 8.42 Å². The molecule has 0 aliphatic heterocycles. The summed E-state index contributed by atoms with van der Waals surface area (Å²) in [7, 11) is 0.453. The second kappa shape index (κ2) is 12.6. The van der Waals surface area contributed by atoms with Crippen LogP contribution in [-0.2, 0) is 16.4 Å². The highest BCUT2D eigenvalue weighted by Gasteiger charge is 2.37. The Morgan fingerprint density at radius 2 is 1.68 bits per heavy atom. The van der Waals surface area contributed by atoms with Crippen molar-refractivity contribution in [1.29, 1.82) is 0 Å². The Morgan fingerprint density at radius 3 is 2.32 bits per heavy atom. The third kappa shape index (κ3) is 7.09. The lowest BCUT2D eigenvalue weighted by Crippen LogP contribution is -2.34. The molecule has 0 bridgehead atoms. The molecule has 2 aromatic rings. The van der Waals surface area contributed by atoms with Gasteiger partial charge in [0.2, 0.25) is 10.0 Å². The van der Waals surface area contributed by atoms with E-state index in [1.807, 2.05) is 20.2 Å². The summed E-state index contributed by atoms with van der Waals surface area (Å²) in [6.45, 7) is 1.17. The molecule has 0 aromatic heterocycles. The van der Waals surface area contributed by atoms with E-state index in [-0.39, 0.29) is 17.0 Å². The van der Waals surface area contributed by atoms with Gasteiger partial charge in [-0.15, -0.1) is 0 Å². The first-order chi connectivity index (χ1) is 16.2. The molecule has 0 unspecified atom stereocenters. The van der Waals surface area contributed by atoms with Gasteiger partial charge in [0.05, 0.1) is 10.9 Å². The van der Waals surface area contributed by atoms with Crippen LogP contribution in [0.15, 0.2) is 41.3 Å². The summed E-state index contributed by atoms with van der Waals surface area (Å²) in [5, 5.41) is 1.21. The lowest BCUT2D eigenvalue weighted by molar-refractivity contribution is 0.111. The summed E-state index contributed by atoms with van der Waals surface area (Å²) in [5.74, 6) is 0.595. The van der Waals surface area contributed by atoms with Gasteiger partial charge in [0.15, 0.2) is 0 Å². The number of rotatable bonds is 13. The van der Waals surface area contributed by atoms with Gasteiger partial charge in [-0.3, -0.25) is 0 Å². The molecule has 3 rings (SSSR count). The lowest BCUT2D eigenvalue weighted by Gasteiger charge is -2.27. The van der Waals surface area contributed by atoms with Crippen LogP contribution in [0.1, 0.15) is 55.8 Å². The first kappa shape index (κ1) is 27.2. The van der Waals surface area contributed by atoms with Gasteiger partial charge in [0, 0.05) is 22.2 Å². The first-order valence-electron chi connectivity index (χ1n) is 11.8. The van der Waals surface area contributed by atoms with E-state index in [0.717, 1.165) is 62.6 Å². The molecular formula is C25H35Cl2N3O3S. The topological polar surface area (TPSA) is 84.7 Å². The molecule has 0 amide bonds. The van der Waals surface area contributed by atoms with Gasteiger partial charge < -0.3 is 15.4 Å². The minimum atomic E-state index is -3.55. The quantitative estimate of drug-likeness (QED) is 0.350. The third-order valence-corrected chi connectivity index (χ3v) is 8.28. The van der Waals surface area contributed by atoms with Crippen LogP contribution in [-0.4, -0.2) is 46.5 Å². The van der Waals surface area contributed by atoms with Gasteiger partial charge in [-0.25, -0.2) is 13.1 Å². The maximum atomic E-state index is 12.6. The van der Waals surface area contributed by atoms with Crippen molar-refractivity contribution in [2.75, 3.05) is 27.2 Å². The van der Waals surface area contributed by atoms with Crippen LogP contribution in [0.3, 0.4) is 0 Å². The molecule has 0 spiro atoms. The Balaban J connectivity index is 1.60. The summed E-state index contributed by atoms with van der Waals surface area (Å²) < 4.78 is 34.3. The van der Waals surface area contributed by atoms with E-state index in [4.69, 9.17) is 33.7 Å². The standard InChI is InChI=1S/C25H35Cl2N3O3S/c1-30(2)24-17-21-22(15-18(26)16-23(21)27)25(24)33-19-9-11-20(12-10-19)34(31,32)29-14-8-6-4-3-5-7-13-28/h9-12,15-16,24-25,29H,3-8,13-14,17,28H2,1-2H3/t24-,25-/m0/s1. The van der Waals surface area contributed by atoms with E-state index >= 15 is 0 Å². The van der Waals surface area contributed by atoms with E-state index in [0.29, 0.717) is 22.3 Å². The molecule has 0 fully saturated rings. The van der Waals surface area contributed by atoms with E-state index in [2.05, 4.69) is 9.62 Å². The molecule has 1 aliphatic rings. The van der Waals surface area contributed by atoms with Crippen molar-refractivity contribution in [3.8, 4) is 5.75 Å². The van der Waals surface area contributed by atoms with Gasteiger partial charge in [-0.2, -0.15) is 0 Å². The average Bonchev–Trinajstić information content (AvgIpc) is 3.15. The number of fused-ring (bicyclic) bond motifs is 1. The second-order valence-electron chi connectivity index (χ2n) is 9.01. The van der Waals surface area contributed by atoms with Gasteiger partial charge in [-0.1, -0.05) is 48.9 Å². The van der Waals surface area contributed by atoms with Crippen molar-refractivity contribution in [2.24, 2.45) is 5.73 Å². The zero-order chi connectivity index (χ0) is 24.7. The lowest BCUT2D eigenvalue weighted by atomic mass is 10.1. The van der Waals surface area contributed by atoms with Crippen LogP contribution < -0.4 is 15.2 Å². The Hall–Kier alpha value is -1.35. The molecule has 9 heteroatoms. The molecule has 1 aliphatic carbocycles. The van der Waals surface area contributed by atoms with Gasteiger partial charge in [-0.05, 0) is 81.9 Å². The Kier molecular flexibility index (Phi) is 10.1. The minimum absolute atomic E-state index is 0.0892. The smallest absolute Gasteiger partial charge is 0.240 e. The number of hydrogen-bond acceptors (Lipinski definition) is 5. The normalized spacial score (nSPS) is 17.8. The number of nitrogens with zero attached hydrogens (tertiary/aromatic N) is 1. The number of halogens is 2. The number of sulfonamides is 1. The molecule has 3 N–H and O–H groups in total. The maximum absolute atomic E-state index is 12.6. The number of unbranched alkanes of at least 4 members (excludes halogenated alkanes) is 5. The van der Waals surface area contributed by atoms with Gasteiger partial charge in [0.1, 0.15) is 11.9 Å². The van der Waals surface area contributed by atoms with Crippen LogP contribution in [0, 0.1) is 0 Å². The van der Waals surface area contributed by atoms with Crippen molar-refractivity contribution >= 4 is 33.2 Å². The predicted octanol–water partition coefficient (Wildman–Crippen LogP) is 5.18. The molecule has 2 atom stereocenters. The molecule has 2 aromatic carbocycles. The molecule has 0 radical (unpaired) electrons. The largest absolute Gasteiger partial charge is 0.484 e. The van der Waals surface area contributed by atoms with Crippen LogP contribution in [0.5, 0.6) is 5.75 Å². The number of ether oxygens (including phenoxy) is 1. The Labute approximate surface area is 213 Å². The third-order valence-electron chi connectivity index (χ3n) is 6.25. The average molecular weight is 529 g/mol. The van der Waals surface area contributed by atoms with E-state index in [1.54, 1.807) is 30.3 Å². The van der Waals surface area contributed by atoms with Crippen LogP contribution in [0.2, 0.25) is 10.0 Å². The van der Waals surface area contributed by atoms with Crippen molar-refractivity contribution in [2.45, 2.75) is 62.0 Å². The zero-order valence-corrected chi connectivity index (χ0v) is 22.2. The van der Waals surface area contributed by atoms with Crippen LogP contribution >= 0.6 is 23.2 Å². The highest BCUT2D eigenvalue weighted by molar-refractivity contribution is 7.89. The number of hydrogen-bond donors (Lipinski definition) is 2. The monoisotopic (exact) mass is 527 g/mol. The van der Waals surface area contributed by atoms with Crippen LogP contribution in [0.25, 0.3) is 0 Å². The van der Waals surface area contributed by atoms with Crippen molar-refractivity contribution in [1.82, 2.24) is 9.62 Å². The molecular weight excluding hydrogens is 493 g/mol. The second-order valence-corrected chi connectivity index (χ2v) is 11.6. The Bertz CT molecular complexity index is 1050. The minimum Gasteiger partial charge on any atom is -0.484 e. The van der Waals surface area contributed by atoms with Crippen molar-refractivity contribution < 1.29 is 13.2 Å². The highest BCUT2D eigenvalue weighted by atomic mass is 35.5. The number of likely N-dealkylation sites (N-methyl/N-ethyl adjacent to an activating group) is 1. The van der Waals surface area contributed by atoms with Crippen molar-refractivity contribution in [3.05, 3.63) is 57.6 Å². The van der Waals surface area contributed by atoms with E-state index in [1.165, 1.54) is 0 Å². The van der Waals surface area contributed by atoms with Gasteiger partial charge in [0.25, 0.3) is 0 Å². The molecule has 188 valence electrons. The predicted molar refractivity (Wildman–Crippen MR) is 139 cm³/mol. The fourth-order valence-electron chi connectivity index (χ4n) is 4.32. The molecule has 6 nitrogen and oxygen atoms in total. The number of benzene rings is 2. The van der Waals surface area contributed by atoms with Crippen molar-refractivity contribution in [3.63, 3.8) is 0 Å². The summed E-state index contributed by atoms with van der Waals surface area (Å²) in [4.78, 5) is 2.33. The summed E-state index contributed by atoms with van der Waals surface area (Å²) in [6.07, 6.45) is 6.76. The maximum Gasteiger partial charge on any atom is 0.240 e. The molecule has 0 saturated carbocycles. The van der Waals surface area contributed by atoms with Gasteiger partial charge >= 0.3 is 0 Å². The summed E-state index contributed by atoms with van der Waals surface area (Å²) in [6, 6.07) is 10.3.